The molecule has 152 valence electrons. The summed E-state index contributed by atoms with van der Waals surface area (Å²) in [4.78, 5) is 30.7. The number of aliphatic hydroxyl groups excluding tert-OH is 3. The number of benzene rings is 1. The zero-order valence-corrected chi connectivity index (χ0v) is 15.7. The summed E-state index contributed by atoms with van der Waals surface area (Å²) in [5, 5.41) is 30.0. The molecule has 9 nitrogen and oxygen atoms in total. The van der Waals surface area contributed by atoms with Gasteiger partial charge in [0.1, 0.15) is 24.0 Å². The molecular formula is C20H21N3O6. The fraction of sp³-hybridized carbons (Fsp3) is 0.350. The van der Waals surface area contributed by atoms with Crippen LogP contribution in [0.2, 0.25) is 0 Å². The number of hydrogen-bond donors (Lipinski definition) is 3. The summed E-state index contributed by atoms with van der Waals surface area (Å²) in [6, 6.07) is 10.9. The van der Waals surface area contributed by atoms with E-state index in [-0.39, 0.29) is 17.6 Å². The van der Waals surface area contributed by atoms with Crippen molar-refractivity contribution in [1.29, 1.82) is 0 Å². The molecule has 0 bridgehead atoms. The quantitative estimate of drug-likeness (QED) is 0.541. The molecule has 1 aliphatic heterocycles. The number of hydrogen-bond acceptors (Lipinski definition) is 7. The van der Waals surface area contributed by atoms with Crippen molar-refractivity contribution in [3.8, 4) is 0 Å². The molecule has 3 heterocycles. The van der Waals surface area contributed by atoms with Gasteiger partial charge < -0.3 is 20.1 Å². The second-order valence-corrected chi connectivity index (χ2v) is 7.08. The van der Waals surface area contributed by atoms with Crippen molar-refractivity contribution >= 4 is 11.0 Å². The van der Waals surface area contributed by atoms with E-state index in [9.17, 15) is 24.9 Å². The first kappa shape index (κ1) is 19.5. The first-order chi connectivity index (χ1) is 13.9. The third-order valence-corrected chi connectivity index (χ3v) is 5.22. The highest BCUT2D eigenvalue weighted by Crippen LogP contribution is 2.28. The maximum atomic E-state index is 13.3. The summed E-state index contributed by atoms with van der Waals surface area (Å²) in [6.07, 6.45) is -3.97. The van der Waals surface area contributed by atoms with Crippen LogP contribution in [0.15, 0.2) is 52.2 Å². The van der Waals surface area contributed by atoms with Crippen molar-refractivity contribution in [2.75, 3.05) is 6.61 Å². The molecule has 0 unspecified atom stereocenters. The largest absolute Gasteiger partial charge is 0.394 e. The van der Waals surface area contributed by atoms with E-state index >= 15 is 0 Å². The van der Waals surface area contributed by atoms with Gasteiger partial charge in [-0.2, -0.15) is 0 Å². The Kier molecular flexibility index (Phi) is 5.05. The number of aliphatic hydroxyl groups is 3. The monoisotopic (exact) mass is 399 g/mol. The molecule has 0 spiro atoms. The van der Waals surface area contributed by atoms with Crippen LogP contribution < -0.4 is 11.2 Å². The molecule has 1 aliphatic rings. The number of pyridine rings is 1. The highest BCUT2D eigenvalue weighted by molar-refractivity contribution is 5.77. The van der Waals surface area contributed by atoms with E-state index in [1.807, 2.05) is 30.3 Å². The number of nitrogens with zero attached hydrogens (tertiary/aromatic N) is 3. The van der Waals surface area contributed by atoms with Crippen molar-refractivity contribution in [3.63, 3.8) is 0 Å². The minimum atomic E-state index is -1.54. The van der Waals surface area contributed by atoms with Crippen LogP contribution in [0.3, 0.4) is 0 Å². The molecule has 9 heteroatoms. The predicted molar refractivity (Wildman–Crippen MR) is 104 cm³/mol. The van der Waals surface area contributed by atoms with Crippen LogP contribution >= 0.6 is 0 Å². The molecule has 0 amide bonds. The average Bonchev–Trinajstić information content (AvgIpc) is 3.00. The highest BCUT2D eigenvalue weighted by Gasteiger charge is 2.45. The summed E-state index contributed by atoms with van der Waals surface area (Å²) in [7, 11) is 0. The molecule has 3 N–H and O–H groups in total. The van der Waals surface area contributed by atoms with E-state index in [1.54, 1.807) is 13.0 Å². The minimum absolute atomic E-state index is 0.154. The molecule has 0 aliphatic carbocycles. The second-order valence-electron chi connectivity index (χ2n) is 7.08. The Morgan fingerprint density at radius 2 is 1.83 bits per heavy atom. The van der Waals surface area contributed by atoms with Crippen LogP contribution in [0.5, 0.6) is 0 Å². The van der Waals surface area contributed by atoms with Crippen molar-refractivity contribution in [3.05, 3.63) is 74.6 Å². The van der Waals surface area contributed by atoms with Gasteiger partial charge in [-0.25, -0.2) is 14.3 Å². The zero-order valence-electron chi connectivity index (χ0n) is 15.7. The summed E-state index contributed by atoms with van der Waals surface area (Å²) in [6.45, 7) is 1.32. The molecule has 3 aromatic rings. The number of fused-ring (bicyclic) bond motifs is 1. The molecule has 2 aromatic heterocycles. The minimum Gasteiger partial charge on any atom is -0.394 e. The lowest BCUT2D eigenvalue weighted by molar-refractivity contribution is -0.0566. The number of rotatable bonds is 4. The molecule has 1 fully saturated rings. The Bertz CT molecular complexity index is 1160. The maximum absolute atomic E-state index is 13.3. The summed E-state index contributed by atoms with van der Waals surface area (Å²) in [5.74, 6) is 0. The van der Waals surface area contributed by atoms with E-state index < -0.39 is 42.4 Å². The molecule has 4 atom stereocenters. The normalized spacial score (nSPS) is 24.3. The first-order valence-electron chi connectivity index (χ1n) is 9.21. The summed E-state index contributed by atoms with van der Waals surface area (Å²) < 4.78 is 7.59. The van der Waals surface area contributed by atoms with Gasteiger partial charge in [-0.15, -0.1) is 0 Å². The predicted octanol–water partition coefficient (Wildman–Crippen LogP) is -0.474. The lowest BCUT2D eigenvalue weighted by Crippen LogP contribution is -2.46. The van der Waals surface area contributed by atoms with Gasteiger partial charge in [-0.05, 0) is 24.1 Å². The van der Waals surface area contributed by atoms with Gasteiger partial charge in [0.05, 0.1) is 18.5 Å². The van der Waals surface area contributed by atoms with Gasteiger partial charge in [0.2, 0.25) is 0 Å². The molecule has 0 saturated carbocycles. The molecule has 1 aromatic carbocycles. The van der Waals surface area contributed by atoms with Crippen LogP contribution in [0.1, 0.15) is 17.4 Å². The van der Waals surface area contributed by atoms with Crippen molar-refractivity contribution in [2.45, 2.75) is 38.0 Å². The lowest BCUT2D eigenvalue weighted by Gasteiger charge is -2.20. The van der Waals surface area contributed by atoms with E-state index in [1.165, 1.54) is 10.8 Å². The average molecular weight is 399 g/mol. The van der Waals surface area contributed by atoms with Gasteiger partial charge in [-0.1, -0.05) is 30.3 Å². The molecule has 0 radical (unpaired) electrons. The smallest absolute Gasteiger partial charge is 0.335 e. The van der Waals surface area contributed by atoms with Crippen LogP contribution in [0.4, 0.5) is 0 Å². The summed E-state index contributed by atoms with van der Waals surface area (Å²) >= 11 is 0. The van der Waals surface area contributed by atoms with Crippen LogP contribution in [0, 0.1) is 6.92 Å². The fourth-order valence-electron chi connectivity index (χ4n) is 3.67. The highest BCUT2D eigenvalue weighted by atomic mass is 16.6. The summed E-state index contributed by atoms with van der Waals surface area (Å²) in [5.41, 5.74) is 0.272. The number of aryl methyl sites for hydroxylation is 1. The number of aromatic nitrogens is 3. The van der Waals surface area contributed by atoms with Gasteiger partial charge in [0, 0.05) is 6.20 Å². The van der Waals surface area contributed by atoms with Gasteiger partial charge in [-0.3, -0.25) is 9.36 Å². The zero-order chi connectivity index (χ0) is 20.7. The topological polar surface area (TPSA) is 127 Å². The SMILES string of the molecule is Cc1ccnc2c1c(=O)n([C@@H]1O[C@H](CO)[C@@H](O)[C@H]1O)c(=O)n2Cc1ccccc1. The second kappa shape index (κ2) is 7.53. The van der Waals surface area contributed by atoms with Crippen molar-refractivity contribution in [1.82, 2.24) is 14.1 Å². The molecular weight excluding hydrogens is 378 g/mol. The molecule has 4 rings (SSSR count). The Balaban J connectivity index is 1.97. The lowest BCUT2D eigenvalue weighted by atomic mass is 10.1. The van der Waals surface area contributed by atoms with E-state index in [2.05, 4.69) is 4.98 Å². The van der Waals surface area contributed by atoms with Crippen LogP contribution in [0.25, 0.3) is 11.0 Å². The van der Waals surface area contributed by atoms with Crippen molar-refractivity contribution in [2.24, 2.45) is 0 Å². The van der Waals surface area contributed by atoms with Gasteiger partial charge in [0.25, 0.3) is 5.56 Å². The third kappa shape index (κ3) is 3.18. The Morgan fingerprint density at radius 3 is 2.48 bits per heavy atom. The fourth-order valence-corrected chi connectivity index (χ4v) is 3.67. The maximum Gasteiger partial charge on any atom is 0.335 e. The first-order valence-corrected chi connectivity index (χ1v) is 9.21. The molecule has 29 heavy (non-hydrogen) atoms. The van der Waals surface area contributed by atoms with Crippen molar-refractivity contribution < 1.29 is 20.1 Å². The van der Waals surface area contributed by atoms with Gasteiger partial charge >= 0.3 is 5.69 Å². The standard InChI is InChI=1S/C20H21N3O6/c1-11-7-8-21-17-14(11)18(27)23(19-16(26)15(25)13(10-24)29-19)20(28)22(17)9-12-5-3-2-4-6-12/h2-8,13,15-16,19,24-26H,9-10H2,1H3/t13-,15-,16-,19-/m1/s1. The van der Waals surface area contributed by atoms with Crippen LogP contribution in [-0.2, 0) is 11.3 Å². The van der Waals surface area contributed by atoms with E-state index in [4.69, 9.17) is 4.74 Å². The Morgan fingerprint density at radius 1 is 1.10 bits per heavy atom. The third-order valence-electron chi connectivity index (χ3n) is 5.22. The number of ether oxygens (including phenoxy) is 1. The van der Waals surface area contributed by atoms with E-state index in [0.29, 0.717) is 5.56 Å². The van der Waals surface area contributed by atoms with Crippen LogP contribution in [-0.4, -0.2) is 54.4 Å². The van der Waals surface area contributed by atoms with Gasteiger partial charge in [0.15, 0.2) is 6.23 Å². The Hall–Kier alpha value is -2.85. The molecule has 1 saturated heterocycles. The Labute approximate surface area is 165 Å². The van der Waals surface area contributed by atoms with E-state index in [0.717, 1.165) is 10.1 Å².